The number of aryl methyl sites for hydroxylation is 1. The molecular formula is C16H15BrN2O3. The highest BCUT2D eigenvalue weighted by molar-refractivity contribution is 9.10. The molecule has 3 rings (SSSR count). The maximum absolute atomic E-state index is 12.4. The van der Waals surface area contributed by atoms with E-state index in [0.29, 0.717) is 17.6 Å². The van der Waals surface area contributed by atoms with E-state index in [0.717, 1.165) is 11.3 Å². The highest BCUT2D eigenvalue weighted by atomic mass is 79.9. The number of hydrogen-bond donors (Lipinski definition) is 1. The number of rotatable bonds is 3. The Bertz CT molecular complexity index is 708. The maximum Gasteiger partial charge on any atom is 0.287 e. The molecule has 0 saturated carbocycles. The van der Waals surface area contributed by atoms with Crippen LogP contribution in [0.15, 0.2) is 45.5 Å². The molecule has 1 aliphatic rings. The number of carbonyl (C=O) groups is 2. The number of anilines is 1. The average molecular weight is 363 g/mol. The summed E-state index contributed by atoms with van der Waals surface area (Å²) in [6.07, 6.45) is 0.584. The van der Waals surface area contributed by atoms with E-state index in [1.165, 1.54) is 0 Å². The van der Waals surface area contributed by atoms with Gasteiger partial charge in [-0.3, -0.25) is 9.59 Å². The Balaban J connectivity index is 1.68. The Labute approximate surface area is 136 Å². The molecular weight excluding hydrogens is 348 g/mol. The van der Waals surface area contributed by atoms with Crippen LogP contribution in [-0.4, -0.2) is 24.4 Å². The van der Waals surface area contributed by atoms with Gasteiger partial charge in [-0.1, -0.05) is 17.7 Å². The Morgan fingerprint density at radius 1 is 1.27 bits per heavy atom. The fraction of sp³-hybridized carbons (Fsp3) is 0.250. The molecule has 0 radical (unpaired) electrons. The van der Waals surface area contributed by atoms with Gasteiger partial charge in [0.1, 0.15) is 6.04 Å². The minimum atomic E-state index is -0.516. The van der Waals surface area contributed by atoms with E-state index in [1.807, 2.05) is 31.2 Å². The summed E-state index contributed by atoms with van der Waals surface area (Å²) in [5.74, 6) is -0.286. The van der Waals surface area contributed by atoms with Crippen molar-refractivity contribution in [3.8, 4) is 0 Å². The zero-order valence-electron chi connectivity index (χ0n) is 12.0. The van der Waals surface area contributed by atoms with Crippen molar-refractivity contribution < 1.29 is 14.0 Å². The second kappa shape index (κ2) is 5.96. The molecule has 6 heteroatoms. The van der Waals surface area contributed by atoms with E-state index in [2.05, 4.69) is 21.2 Å². The fourth-order valence-electron chi connectivity index (χ4n) is 2.46. The number of hydrogen-bond acceptors (Lipinski definition) is 3. The van der Waals surface area contributed by atoms with E-state index in [1.54, 1.807) is 17.0 Å². The second-order valence-electron chi connectivity index (χ2n) is 5.24. The van der Waals surface area contributed by atoms with E-state index >= 15 is 0 Å². The molecule has 0 aliphatic carbocycles. The molecule has 1 atom stereocenters. The van der Waals surface area contributed by atoms with E-state index in [-0.39, 0.29) is 17.6 Å². The first-order valence-electron chi connectivity index (χ1n) is 6.99. The number of carbonyl (C=O) groups excluding carboxylic acids is 2. The van der Waals surface area contributed by atoms with Crippen LogP contribution in [-0.2, 0) is 4.79 Å². The molecule has 2 amide bonds. The summed E-state index contributed by atoms with van der Waals surface area (Å²) < 4.78 is 5.68. The van der Waals surface area contributed by atoms with Crippen molar-refractivity contribution in [3.63, 3.8) is 0 Å². The summed E-state index contributed by atoms with van der Waals surface area (Å²) in [5, 5.41) is 2.72. The highest BCUT2D eigenvalue weighted by Crippen LogP contribution is 2.22. The number of halogens is 1. The molecule has 1 aromatic carbocycles. The van der Waals surface area contributed by atoms with Crippen molar-refractivity contribution in [3.05, 3.63) is 52.4 Å². The lowest BCUT2D eigenvalue weighted by Crippen LogP contribution is -2.41. The first-order valence-corrected chi connectivity index (χ1v) is 7.78. The maximum atomic E-state index is 12.4. The Morgan fingerprint density at radius 3 is 2.64 bits per heavy atom. The number of nitrogens with zero attached hydrogens (tertiary/aromatic N) is 1. The van der Waals surface area contributed by atoms with Crippen LogP contribution in [0.4, 0.5) is 5.69 Å². The summed E-state index contributed by atoms with van der Waals surface area (Å²) in [6, 6.07) is 10.5. The quantitative estimate of drug-likeness (QED) is 0.912. The lowest BCUT2D eigenvalue weighted by atomic mass is 10.2. The summed E-state index contributed by atoms with van der Waals surface area (Å²) >= 11 is 3.15. The minimum absolute atomic E-state index is 0.0946. The Hall–Kier alpha value is -2.08. The molecule has 0 bridgehead atoms. The highest BCUT2D eigenvalue weighted by Gasteiger charge is 2.34. The molecule has 1 saturated heterocycles. The topological polar surface area (TPSA) is 62.6 Å². The van der Waals surface area contributed by atoms with Gasteiger partial charge in [0.25, 0.3) is 5.91 Å². The molecule has 0 spiro atoms. The third-order valence-electron chi connectivity index (χ3n) is 3.65. The van der Waals surface area contributed by atoms with Gasteiger partial charge in [0.15, 0.2) is 10.4 Å². The predicted octanol–water partition coefficient (Wildman–Crippen LogP) is 2.89. The van der Waals surface area contributed by atoms with Crippen LogP contribution in [0.5, 0.6) is 0 Å². The fourth-order valence-corrected chi connectivity index (χ4v) is 2.77. The zero-order chi connectivity index (χ0) is 15.7. The van der Waals surface area contributed by atoms with Crippen molar-refractivity contribution >= 4 is 33.4 Å². The molecule has 2 aromatic rings. The molecule has 114 valence electrons. The molecule has 22 heavy (non-hydrogen) atoms. The summed E-state index contributed by atoms with van der Waals surface area (Å²) in [6.45, 7) is 2.59. The van der Waals surface area contributed by atoms with Gasteiger partial charge in [-0.05, 0) is 53.5 Å². The van der Waals surface area contributed by atoms with Gasteiger partial charge in [-0.2, -0.15) is 0 Å². The van der Waals surface area contributed by atoms with Gasteiger partial charge in [0.05, 0.1) is 0 Å². The van der Waals surface area contributed by atoms with E-state index < -0.39 is 6.04 Å². The van der Waals surface area contributed by atoms with Gasteiger partial charge >= 0.3 is 0 Å². The van der Waals surface area contributed by atoms with Gasteiger partial charge in [0, 0.05) is 12.2 Å². The van der Waals surface area contributed by atoms with Crippen molar-refractivity contribution in [1.82, 2.24) is 5.32 Å². The van der Waals surface area contributed by atoms with Crippen molar-refractivity contribution in [2.24, 2.45) is 0 Å². The summed E-state index contributed by atoms with van der Waals surface area (Å²) in [4.78, 5) is 26.2. The van der Waals surface area contributed by atoms with Crippen LogP contribution in [0.1, 0.15) is 22.5 Å². The number of benzene rings is 1. The first-order chi connectivity index (χ1) is 10.5. The lowest BCUT2D eigenvalue weighted by molar-refractivity contribution is -0.118. The molecule has 5 nitrogen and oxygen atoms in total. The molecule has 0 unspecified atom stereocenters. The monoisotopic (exact) mass is 362 g/mol. The number of nitrogens with one attached hydrogen (secondary N) is 1. The minimum Gasteiger partial charge on any atom is -0.444 e. The predicted molar refractivity (Wildman–Crippen MR) is 85.8 cm³/mol. The van der Waals surface area contributed by atoms with Gasteiger partial charge in [-0.15, -0.1) is 0 Å². The van der Waals surface area contributed by atoms with Crippen molar-refractivity contribution in [1.29, 1.82) is 0 Å². The summed E-state index contributed by atoms with van der Waals surface area (Å²) in [5.41, 5.74) is 2.00. The van der Waals surface area contributed by atoms with Gasteiger partial charge in [-0.25, -0.2) is 0 Å². The average Bonchev–Trinajstić information content (AvgIpc) is 3.08. The standard InChI is InChI=1S/C16H15BrN2O3/c1-10-2-4-11(5-3-10)19-9-8-12(16(19)21)18-15(20)13-6-7-14(17)22-13/h2-7,12H,8-9H2,1H3,(H,18,20)/t12-/m0/s1. The third-order valence-corrected chi connectivity index (χ3v) is 4.08. The largest absolute Gasteiger partial charge is 0.444 e. The molecule has 2 heterocycles. The van der Waals surface area contributed by atoms with Crippen molar-refractivity contribution in [2.45, 2.75) is 19.4 Å². The Morgan fingerprint density at radius 2 is 2.00 bits per heavy atom. The van der Waals surface area contributed by atoms with Gasteiger partial charge in [0.2, 0.25) is 5.91 Å². The molecule has 1 N–H and O–H groups in total. The van der Waals surface area contributed by atoms with Crippen LogP contribution in [0, 0.1) is 6.92 Å². The second-order valence-corrected chi connectivity index (χ2v) is 6.03. The molecule has 1 aliphatic heterocycles. The smallest absolute Gasteiger partial charge is 0.287 e. The van der Waals surface area contributed by atoms with Crippen LogP contribution in [0.3, 0.4) is 0 Å². The normalized spacial score (nSPS) is 17.8. The molecule has 1 fully saturated rings. The van der Waals surface area contributed by atoms with E-state index in [4.69, 9.17) is 4.42 Å². The van der Waals surface area contributed by atoms with Crippen LogP contribution < -0.4 is 10.2 Å². The first kappa shape index (κ1) is 14.8. The van der Waals surface area contributed by atoms with Gasteiger partial charge < -0.3 is 14.6 Å². The SMILES string of the molecule is Cc1ccc(N2CC[C@H](NC(=O)c3ccc(Br)o3)C2=O)cc1. The third kappa shape index (κ3) is 2.92. The number of amides is 2. The van der Waals surface area contributed by atoms with Crippen LogP contribution in [0.25, 0.3) is 0 Å². The molecule has 1 aromatic heterocycles. The van der Waals surface area contributed by atoms with E-state index in [9.17, 15) is 9.59 Å². The van der Waals surface area contributed by atoms with Crippen molar-refractivity contribution in [2.75, 3.05) is 11.4 Å². The van der Waals surface area contributed by atoms with Crippen LogP contribution in [0.2, 0.25) is 0 Å². The van der Waals surface area contributed by atoms with Crippen LogP contribution >= 0.6 is 15.9 Å². The number of furan rings is 1. The lowest BCUT2D eigenvalue weighted by Gasteiger charge is -2.17. The Kier molecular flexibility index (Phi) is 4.02. The summed E-state index contributed by atoms with van der Waals surface area (Å²) in [7, 11) is 0. The zero-order valence-corrected chi connectivity index (χ0v) is 13.6.